The van der Waals surface area contributed by atoms with Gasteiger partial charge >= 0.3 is 0 Å². The highest BCUT2D eigenvalue weighted by Crippen LogP contribution is 2.27. The Hall–Kier alpha value is -2.49. The number of amides is 1. The molecule has 2 aromatic carbocycles. The minimum Gasteiger partial charge on any atom is -0.493 e. The second-order valence-corrected chi connectivity index (χ2v) is 7.07. The van der Waals surface area contributed by atoms with Gasteiger partial charge in [-0.05, 0) is 42.2 Å². The van der Waals surface area contributed by atoms with E-state index < -0.39 is 0 Å². The zero-order valence-electron chi connectivity index (χ0n) is 18.3. The summed E-state index contributed by atoms with van der Waals surface area (Å²) in [5.41, 5.74) is 3.55. The number of halogens is 1. The fraction of sp³-hybridized carbons (Fsp3) is 0.391. The van der Waals surface area contributed by atoms with E-state index in [-0.39, 0.29) is 36.4 Å². The summed E-state index contributed by atoms with van der Waals surface area (Å²) in [4.78, 5) is 19.2. The molecule has 31 heavy (non-hydrogen) atoms. The van der Waals surface area contributed by atoms with Gasteiger partial charge in [0, 0.05) is 19.6 Å². The quantitative estimate of drug-likeness (QED) is 0.322. The van der Waals surface area contributed by atoms with Crippen LogP contribution in [0, 0.1) is 0 Å². The molecule has 0 saturated carbocycles. The lowest BCUT2D eigenvalue weighted by Crippen LogP contribution is -2.45. The third-order valence-electron chi connectivity index (χ3n) is 5.10. The van der Waals surface area contributed by atoms with Crippen molar-refractivity contribution in [3.8, 4) is 11.5 Å². The number of aliphatic imine (C=N–C) groups is 1. The number of fused-ring (bicyclic) bond motifs is 1. The lowest BCUT2D eigenvalue weighted by molar-refractivity contribution is -0.130. The molecule has 2 N–H and O–H groups in total. The van der Waals surface area contributed by atoms with Crippen molar-refractivity contribution in [2.75, 3.05) is 33.9 Å². The zero-order chi connectivity index (χ0) is 21.3. The first kappa shape index (κ1) is 24.8. The molecule has 1 amide bonds. The number of benzene rings is 2. The Kier molecular flexibility index (Phi) is 9.90. The molecule has 0 unspecified atom stereocenters. The van der Waals surface area contributed by atoms with E-state index in [0.29, 0.717) is 37.1 Å². The van der Waals surface area contributed by atoms with Crippen molar-refractivity contribution in [2.45, 2.75) is 26.4 Å². The van der Waals surface area contributed by atoms with Crippen LogP contribution in [-0.2, 0) is 24.3 Å². The number of rotatable bonds is 7. The normalized spacial score (nSPS) is 13.0. The predicted molar refractivity (Wildman–Crippen MR) is 133 cm³/mol. The number of guanidine groups is 1. The van der Waals surface area contributed by atoms with Crippen LogP contribution in [0.2, 0.25) is 0 Å². The van der Waals surface area contributed by atoms with Crippen LogP contribution in [0.15, 0.2) is 47.5 Å². The van der Waals surface area contributed by atoms with Crippen molar-refractivity contribution >= 4 is 35.8 Å². The van der Waals surface area contributed by atoms with Gasteiger partial charge in [0.15, 0.2) is 17.5 Å². The summed E-state index contributed by atoms with van der Waals surface area (Å²) in [6.45, 7) is 4.79. The number of carbonyl (C=O) groups excluding carboxylic acids is 1. The van der Waals surface area contributed by atoms with Crippen LogP contribution in [0.3, 0.4) is 0 Å². The lowest BCUT2D eigenvalue weighted by atomic mass is 10.00. The molecule has 0 aromatic heterocycles. The molecule has 168 valence electrons. The monoisotopic (exact) mass is 538 g/mol. The van der Waals surface area contributed by atoms with Gasteiger partial charge in [0.1, 0.15) is 0 Å². The standard InChI is InChI=1S/C23H30N4O3.HI/c1-4-24-23(25-14-17-9-10-20(29-2)21(13-17)30-3)26-15-22(28)27-12-11-18-7-5-6-8-19(18)16-27;/h5-10,13H,4,11-12,14-16H2,1-3H3,(H2,24,25,26);1H. The molecule has 0 atom stereocenters. The fourth-order valence-corrected chi connectivity index (χ4v) is 3.47. The number of methoxy groups -OCH3 is 2. The van der Waals surface area contributed by atoms with Crippen LogP contribution < -0.4 is 20.1 Å². The Balaban J connectivity index is 0.00000341. The molecule has 3 rings (SSSR count). The Bertz CT molecular complexity index is 904. The first-order chi connectivity index (χ1) is 14.6. The fourth-order valence-electron chi connectivity index (χ4n) is 3.47. The van der Waals surface area contributed by atoms with Crippen molar-refractivity contribution in [2.24, 2.45) is 4.99 Å². The minimum atomic E-state index is 0. The molecule has 2 aromatic rings. The van der Waals surface area contributed by atoms with Crippen molar-refractivity contribution in [3.63, 3.8) is 0 Å². The van der Waals surface area contributed by atoms with Gasteiger partial charge in [-0.15, -0.1) is 24.0 Å². The first-order valence-corrected chi connectivity index (χ1v) is 10.2. The maximum absolute atomic E-state index is 12.7. The summed E-state index contributed by atoms with van der Waals surface area (Å²) >= 11 is 0. The highest BCUT2D eigenvalue weighted by molar-refractivity contribution is 14.0. The smallest absolute Gasteiger partial charge is 0.242 e. The van der Waals surface area contributed by atoms with Gasteiger partial charge in [-0.3, -0.25) is 4.79 Å². The highest BCUT2D eigenvalue weighted by atomic mass is 127. The molecule has 0 saturated heterocycles. The van der Waals surface area contributed by atoms with Gasteiger partial charge in [-0.25, -0.2) is 4.99 Å². The summed E-state index contributed by atoms with van der Waals surface area (Å²) in [5.74, 6) is 2.03. The molecule has 1 aliphatic heterocycles. The summed E-state index contributed by atoms with van der Waals surface area (Å²) < 4.78 is 10.6. The van der Waals surface area contributed by atoms with E-state index >= 15 is 0 Å². The van der Waals surface area contributed by atoms with Gasteiger partial charge in [0.05, 0.1) is 27.3 Å². The van der Waals surface area contributed by atoms with E-state index in [1.807, 2.05) is 36.1 Å². The summed E-state index contributed by atoms with van der Waals surface area (Å²) in [5, 5.41) is 6.35. The van der Waals surface area contributed by atoms with Crippen LogP contribution in [0.4, 0.5) is 0 Å². The van der Waals surface area contributed by atoms with Crippen LogP contribution in [0.25, 0.3) is 0 Å². The average Bonchev–Trinajstić information content (AvgIpc) is 2.80. The minimum absolute atomic E-state index is 0. The third kappa shape index (κ3) is 6.75. The van der Waals surface area contributed by atoms with Crippen molar-refractivity contribution < 1.29 is 14.3 Å². The van der Waals surface area contributed by atoms with Gasteiger partial charge in [0.25, 0.3) is 0 Å². The molecule has 8 heteroatoms. The largest absolute Gasteiger partial charge is 0.493 e. The molecule has 0 radical (unpaired) electrons. The second-order valence-electron chi connectivity index (χ2n) is 7.07. The number of nitrogens with zero attached hydrogens (tertiary/aromatic N) is 2. The zero-order valence-corrected chi connectivity index (χ0v) is 20.6. The van der Waals surface area contributed by atoms with Crippen LogP contribution in [0.5, 0.6) is 11.5 Å². The molecule has 0 bridgehead atoms. The molecule has 1 heterocycles. The van der Waals surface area contributed by atoms with Crippen LogP contribution in [-0.4, -0.2) is 50.6 Å². The summed E-state index contributed by atoms with van der Waals surface area (Å²) in [6.07, 6.45) is 0.898. The number of hydrogen-bond donors (Lipinski definition) is 2. The van der Waals surface area contributed by atoms with Gasteiger partial charge < -0.3 is 25.0 Å². The van der Waals surface area contributed by atoms with Crippen molar-refractivity contribution in [3.05, 3.63) is 59.2 Å². The SMILES string of the molecule is CCNC(=NCc1ccc(OC)c(OC)c1)NCC(=O)N1CCc2ccccc2C1.I. The molecular formula is C23H31IN4O3. The lowest BCUT2D eigenvalue weighted by Gasteiger charge is -2.29. The van der Waals surface area contributed by atoms with E-state index in [4.69, 9.17) is 9.47 Å². The van der Waals surface area contributed by atoms with Crippen molar-refractivity contribution in [1.29, 1.82) is 0 Å². The Labute approximate surface area is 201 Å². The Morgan fingerprint density at radius 2 is 1.81 bits per heavy atom. The first-order valence-electron chi connectivity index (χ1n) is 10.2. The maximum atomic E-state index is 12.7. The van der Waals surface area contributed by atoms with E-state index in [0.717, 1.165) is 18.5 Å². The Morgan fingerprint density at radius 3 is 2.52 bits per heavy atom. The van der Waals surface area contributed by atoms with Gasteiger partial charge in [-0.2, -0.15) is 0 Å². The van der Waals surface area contributed by atoms with E-state index in [2.05, 4.69) is 33.8 Å². The molecular weight excluding hydrogens is 507 g/mol. The Morgan fingerprint density at radius 1 is 1.06 bits per heavy atom. The van der Waals surface area contributed by atoms with E-state index in [1.54, 1.807) is 14.2 Å². The summed E-state index contributed by atoms with van der Waals surface area (Å²) in [7, 11) is 3.22. The van der Waals surface area contributed by atoms with Crippen molar-refractivity contribution in [1.82, 2.24) is 15.5 Å². The molecule has 0 spiro atoms. The summed E-state index contributed by atoms with van der Waals surface area (Å²) in [6, 6.07) is 14.0. The predicted octanol–water partition coefficient (Wildman–Crippen LogP) is 2.96. The molecule has 7 nitrogen and oxygen atoms in total. The van der Waals surface area contributed by atoms with E-state index in [1.165, 1.54) is 11.1 Å². The number of carbonyl (C=O) groups is 1. The molecule has 0 fully saturated rings. The average molecular weight is 538 g/mol. The topological polar surface area (TPSA) is 75.2 Å². The number of ether oxygens (including phenoxy) is 2. The molecule has 1 aliphatic rings. The van der Waals surface area contributed by atoms with Gasteiger partial charge in [-0.1, -0.05) is 30.3 Å². The number of hydrogen-bond acceptors (Lipinski definition) is 4. The van der Waals surface area contributed by atoms with E-state index in [9.17, 15) is 4.79 Å². The molecule has 0 aliphatic carbocycles. The van der Waals surface area contributed by atoms with Gasteiger partial charge in [0.2, 0.25) is 5.91 Å². The van der Waals surface area contributed by atoms with Crippen LogP contribution >= 0.6 is 24.0 Å². The highest BCUT2D eigenvalue weighted by Gasteiger charge is 2.20. The number of nitrogens with one attached hydrogen (secondary N) is 2. The third-order valence-corrected chi connectivity index (χ3v) is 5.10. The maximum Gasteiger partial charge on any atom is 0.242 e. The van der Waals surface area contributed by atoms with Crippen LogP contribution in [0.1, 0.15) is 23.6 Å². The second kappa shape index (κ2) is 12.4.